The Morgan fingerprint density at radius 2 is 2.06 bits per heavy atom. The van der Waals surface area contributed by atoms with Gasteiger partial charge in [-0.15, -0.1) is 0 Å². The molecule has 0 bridgehead atoms. The highest BCUT2D eigenvalue weighted by molar-refractivity contribution is 7.89. The minimum Gasteiger partial charge on any atom is -0.243 e. The van der Waals surface area contributed by atoms with Crippen LogP contribution in [0, 0.1) is 0 Å². The number of hydrogen-bond donors (Lipinski definition) is 0. The maximum atomic E-state index is 12.1. The van der Waals surface area contributed by atoms with Crippen molar-refractivity contribution < 1.29 is 21.6 Å². The van der Waals surface area contributed by atoms with Gasteiger partial charge in [-0.05, 0) is 12.1 Å². The Morgan fingerprint density at radius 3 is 2.53 bits per heavy atom. The van der Waals surface area contributed by atoms with Crippen LogP contribution in [-0.2, 0) is 10.0 Å². The summed E-state index contributed by atoms with van der Waals surface area (Å²) in [6, 6.07) is 2.37. The Kier molecular flexibility index (Phi) is 4.00. The van der Waals surface area contributed by atoms with Gasteiger partial charge in [0.15, 0.2) is 0 Å². The molecule has 1 heterocycles. The summed E-state index contributed by atoms with van der Waals surface area (Å²) in [7, 11) is -3.46. The van der Waals surface area contributed by atoms with Crippen molar-refractivity contribution in [1.82, 2.24) is 9.29 Å². The molecule has 0 spiro atoms. The summed E-state index contributed by atoms with van der Waals surface area (Å²) in [6.07, 6.45) is -3.37. The van der Waals surface area contributed by atoms with Crippen LogP contribution < -0.4 is 0 Å². The van der Waals surface area contributed by atoms with E-state index in [-0.39, 0.29) is 9.46 Å². The zero-order chi connectivity index (χ0) is 13.3. The molecule has 1 rings (SSSR count). The number of rotatable bonds is 3. The van der Waals surface area contributed by atoms with Gasteiger partial charge in [-0.1, -0.05) is 11.6 Å². The average molecular weight is 289 g/mol. The number of aromatic nitrogens is 1. The van der Waals surface area contributed by atoms with Gasteiger partial charge >= 0.3 is 6.18 Å². The normalized spacial score (nSPS) is 13.1. The number of alkyl halides is 3. The predicted molar refractivity (Wildman–Crippen MR) is 55.1 cm³/mol. The lowest BCUT2D eigenvalue weighted by atomic mass is 10.5. The highest BCUT2D eigenvalue weighted by Crippen LogP contribution is 2.24. The zero-order valence-corrected chi connectivity index (χ0v) is 10.1. The Morgan fingerprint density at radius 1 is 1.47 bits per heavy atom. The van der Waals surface area contributed by atoms with E-state index in [1.807, 2.05) is 0 Å². The fourth-order valence-electron chi connectivity index (χ4n) is 1.07. The van der Waals surface area contributed by atoms with Crippen molar-refractivity contribution in [2.24, 2.45) is 0 Å². The molecule has 0 fully saturated rings. The molecule has 0 unspecified atom stereocenters. The summed E-state index contributed by atoms with van der Waals surface area (Å²) in [5.74, 6) is 0. The van der Waals surface area contributed by atoms with Crippen molar-refractivity contribution in [1.29, 1.82) is 0 Å². The maximum absolute atomic E-state index is 12.1. The van der Waals surface area contributed by atoms with E-state index in [2.05, 4.69) is 4.98 Å². The topological polar surface area (TPSA) is 50.3 Å². The summed E-state index contributed by atoms with van der Waals surface area (Å²) in [5.41, 5.74) is 0. The van der Waals surface area contributed by atoms with E-state index in [4.69, 9.17) is 11.6 Å². The molecule has 0 atom stereocenters. The quantitative estimate of drug-likeness (QED) is 0.799. The van der Waals surface area contributed by atoms with Crippen molar-refractivity contribution in [3.05, 3.63) is 23.5 Å². The summed E-state index contributed by atoms with van der Waals surface area (Å²) in [6.45, 7) is -1.58. The van der Waals surface area contributed by atoms with E-state index in [9.17, 15) is 21.6 Å². The van der Waals surface area contributed by atoms with Gasteiger partial charge in [0.25, 0.3) is 0 Å². The summed E-state index contributed by atoms with van der Waals surface area (Å²) < 4.78 is 59.9. The molecule has 0 radical (unpaired) electrons. The Labute approximate surface area is 101 Å². The van der Waals surface area contributed by atoms with Crippen LogP contribution in [0.4, 0.5) is 13.2 Å². The number of pyridine rings is 1. The molecule has 1 aromatic rings. The van der Waals surface area contributed by atoms with Crippen molar-refractivity contribution >= 4 is 21.6 Å². The van der Waals surface area contributed by atoms with Crippen molar-refractivity contribution in [3.63, 3.8) is 0 Å². The standard InChI is InChI=1S/C8H8ClF3N2O2S/c1-14(5-8(10,11)12)17(15,16)6-3-2-4-13-7(6)9/h2-4H,5H2,1H3. The van der Waals surface area contributed by atoms with Crippen LogP contribution in [-0.4, -0.2) is 37.5 Å². The van der Waals surface area contributed by atoms with Crippen molar-refractivity contribution in [2.45, 2.75) is 11.1 Å². The fraction of sp³-hybridized carbons (Fsp3) is 0.375. The predicted octanol–water partition coefficient (Wildman–Crippen LogP) is 1.92. The smallest absolute Gasteiger partial charge is 0.243 e. The third-order valence-corrected chi connectivity index (χ3v) is 4.06. The molecule has 0 N–H and O–H groups in total. The molecule has 4 nitrogen and oxygen atoms in total. The second kappa shape index (κ2) is 4.79. The van der Waals surface area contributed by atoms with Crippen LogP contribution in [0.15, 0.2) is 23.2 Å². The van der Waals surface area contributed by atoms with Crippen LogP contribution in [0.1, 0.15) is 0 Å². The highest BCUT2D eigenvalue weighted by atomic mass is 35.5. The monoisotopic (exact) mass is 288 g/mol. The van der Waals surface area contributed by atoms with Gasteiger partial charge in [0.1, 0.15) is 16.6 Å². The molecule has 1 aromatic heterocycles. The van der Waals surface area contributed by atoms with E-state index >= 15 is 0 Å². The van der Waals surface area contributed by atoms with Crippen LogP contribution in [0.5, 0.6) is 0 Å². The largest absolute Gasteiger partial charge is 0.402 e. The molecule has 0 aliphatic rings. The molecular weight excluding hydrogens is 281 g/mol. The number of sulfonamides is 1. The number of hydrogen-bond acceptors (Lipinski definition) is 3. The van der Waals surface area contributed by atoms with Gasteiger partial charge in [0, 0.05) is 13.2 Å². The second-order valence-electron chi connectivity index (χ2n) is 3.17. The van der Waals surface area contributed by atoms with Gasteiger partial charge in [0.05, 0.1) is 0 Å². The third kappa shape index (κ3) is 3.55. The molecular formula is C8H8ClF3N2O2S. The first kappa shape index (κ1) is 14.2. The van der Waals surface area contributed by atoms with Crippen LogP contribution in [0.2, 0.25) is 5.15 Å². The number of halogens is 4. The van der Waals surface area contributed by atoms with E-state index in [0.29, 0.717) is 0 Å². The van der Waals surface area contributed by atoms with Gasteiger partial charge in [-0.3, -0.25) is 0 Å². The molecule has 17 heavy (non-hydrogen) atoms. The first-order valence-electron chi connectivity index (χ1n) is 4.28. The Bertz CT molecular complexity index is 504. The van der Waals surface area contributed by atoms with Crippen LogP contribution in [0.25, 0.3) is 0 Å². The van der Waals surface area contributed by atoms with E-state index in [1.54, 1.807) is 0 Å². The fourth-order valence-corrected chi connectivity index (χ4v) is 2.65. The maximum Gasteiger partial charge on any atom is 0.402 e. The van der Waals surface area contributed by atoms with Crippen LogP contribution >= 0.6 is 11.6 Å². The molecule has 0 saturated carbocycles. The lowest BCUT2D eigenvalue weighted by Crippen LogP contribution is -2.36. The van der Waals surface area contributed by atoms with Gasteiger partial charge in [0.2, 0.25) is 10.0 Å². The summed E-state index contributed by atoms with van der Waals surface area (Å²) in [5, 5.41) is -0.360. The third-order valence-electron chi connectivity index (χ3n) is 1.82. The molecule has 96 valence electrons. The Balaban J connectivity index is 3.09. The first-order chi connectivity index (χ1) is 7.64. The molecule has 0 amide bonds. The minimum absolute atomic E-state index is 0.176. The highest BCUT2D eigenvalue weighted by Gasteiger charge is 2.35. The average Bonchev–Trinajstić information content (AvgIpc) is 2.15. The zero-order valence-electron chi connectivity index (χ0n) is 8.57. The van der Waals surface area contributed by atoms with E-state index in [1.165, 1.54) is 12.3 Å². The molecule has 0 aliphatic carbocycles. The van der Waals surface area contributed by atoms with Crippen LogP contribution in [0.3, 0.4) is 0 Å². The van der Waals surface area contributed by atoms with E-state index < -0.39 is 27.6 Å². The van der Waals surface area contributed by atoms with Crippen molar-refractivity contribution in [3.8, 4) is 0 Å². The van der Waals surface area contributed by atoms with Gasteiger partial charge < -0.3 is 0 Å². The summed E-state index contributed by atoms with van der Waals surface area (Å²) >= 11 is 5.53. The summed E-state index contributed by atoms with van der Waals surface area (Å²) in [4.78, 5) is 3.05. The van der Waals surface area contributed by atoms with Gasteiger partial charge in [-0.25, -0.2) is 13.4 Å². The number of nitrogens with zero attached hydrogens (tertiary/aromatic N) is 2. The van der Waals surface area contributed by atoms with Gasteiger partial charge in [-0.2, -0.15) is 17.5 Å². The minimum atomic E-state index is -4.61. The second-order valence-corrected chi connectivity index (χ2v) is 5.54. The first-order valence-corrected chi connectivity index (χ1v) is 6.10. The molecule has 9 heteroatoms. The van der Waals surface area contributed by atoms with Crippen molar-refractivity contribution in [2.75, 3.05) is 13.6 Å². The molecule has 0 saturated heterocycles. The lowest BCUT2D eigenvalue weighted by molar-refractivity contribution is -0.134. The van der Waals surface area contributed by atoms with E-state index in [0.717, 1.165) is 13.1 Å². The molecule has 0 aliphatic heterocycles. The lowest BCUT2D eigenvalue weighted by Gasteiger charge is -2.18. The Hall–Kier alpha value is -0.860. The SMILES string of the molecule is CN(CC(F)(F)F)S(=O)(=O)c1cccnc1Cl. The molecule has 0 aromatic carbocycles.